The van der Waals surface area contributed by atoms with Crippen molar-refractivity contribution in [3.63, 3.8) is 0 Å². The molecule has 6 heteroatoms. The van der Waals surface area contributed by atoms with Crippen molar-refractivity contribution in [1.29, 1.82) is 0 Å². The van der Waals surface area contributed by atoms with Crippen molar-refractivity contribution in [2.75, 3.05) is 23.8 Å². The maximum Gasteiger partial charge on any atom is 0.244 e. The average Bonchev–Trinajstić information content (AvgIpc) is 2.52. The minimum atomic E-state index is 0.533. The van der Waals surface area contributed by atoms with E-state index < -0.39 is 0 Å². The van der Waals surface area contributed by atoms with E-state index in [-0.39, 0.29) is 0 Å². The highest BCUT2D eigenvalue weighted by Gasteiger charge is 2.05. The molecular weight excluding hydrogens is 286 g/mol. The van der Waals surface area contributed by atoms with Crippen molar-refractivity contribution in [2.45, 2.75) is 26.3 Å². The molecule has 0 aliphatic carbocycles. The number of nitrogens with zero attached hydrogens (tertiary/aromatic N) is 4. The maximum atomic E-state index is 5.87. The second-order valence-corrected chi connectivity index (χ2v) is 5.33. The summed E-state index contributed by atoms with van der Waals surface area (Å²) < 4.78 is 0. The number of unbranched alkanes of at least 4 members (excludes halogenated alkanes) is 1. The fourth-order valence-electron chi connectivity index (χ4n) is 1.85. The van der Waals surface area contributed by atoms with E-state index in [0.717, 1.165) is 35.8 Å². The number of aromatic nitrogens is 3. The van der Waals surface area contributed by atoms with Crippen LogP contribution in [0.1, 0.15) is 25.3 Å². The Morgan fingerprint density at radius 2 is 2.00 bits per heavy atom. The van der Waals surface area contributed by atoms with Crippen molar-refractivity contribution in [3.05, 3.63) is 41.0 Å². The van der Waals surface area contributed by atoms with Crippen LogP contribution >= 0.6 is 11.6 Å². The molecule has 1 aromatic carbocycles. The zero-order valence-corrected chi connectivity index (χ0v) is 13.1. The first-order valence-electron chi connectivity index (χ1n) is 7.08. The highest BCUT2D eigenvalue weighted by Crippen LogP contribution is 2.12. The molecule has 0 radical (unpaired) electrons. The molecular formula is C15H20ClN5. The predicted octanol–water partition coefficient (Wildman–Crippen LogP) is 3.37. The van der Waals surface area contributed by atoms with Crippen molar-refractivity contribution in [1.82, 2.24) is 15.2 Å². The quantitative estimate of drug-likeness (QED) is 0.850. The fourth-order valence-corrected chi connectivity index (χ4v) is 1.97. The third kappa shape index (κ3) is 4.86. The summed E-state index contributed by atoms with van der Waals surface area (Å²) in [7, 11) is 2.02. The largest absolute Gasteiger partial charge is 0.358 e. The SMILES string of the molecule is CCCCN(C)c1cnnc(NCc2ccc(Cl)cc2)n1. The Morgan fingerprint density at radius 1 is 1.24 bits per heavy atom. The molecule has 5 nitrogen and oxygen atoms in total. The highest BCUT2D eigenvalue weighted by atomic mass is 35.5. The van der Waals surface area contributed by atoms with Crippen LogP contribution in [-0.2, 0) is 6.54 Å². The van der Waals surface area contributed by atoms with Gasteiger partial charge in [0.2, 0.25) is 5.95 Å². The van der Waals surface area contributed by atoms with Gasteiger partial charge >= 0.3 is 0 Å². The predicted molar refractivity (Wildman–Crippen MR) is 86.8 cm³/mol. The Kier molecular flexibility index (Phi) is 5.75. The molecule has 0 spiro atoms. The molecule has 2 rings (SSSR count). The van der Waals surface area contributed by atoms with Gasteiger partial charge in [0.15, 0.2) is 5.82 Å². The number of hydrogen-bond acceptors (Lipinski definition) is 5. The Hall–Kier alpha value is -1.88. The van der Waals surface area contributed by atoms with Crippen molar-refractivity contribution in [2.24, 2.45) is 0 Å². The van der Waals surface area contributed by atoms with Gasteiger partial charge in [-0.3, -0.25) is 0 Å². The van der Waals surface area contributed by atoms with Gasteiger partial charge in [0.25, 0.3) is 0 Å². The van der Waals surface area contributed by atoms with E-state index in [2.05, 4.69) is 32.3 Å². The molecule has 1 N–H and O–H groups in total. The van der Waals surface area contributed by atoms with E-state index in [1.807, 2.05) is 31.3 Å². The summed E-state index contributed by atoms with van der Waals surface area (Å²) in [6.07, 6.45) is 3.97. The lowest BCUT2D eigenvalue weighted by Gasteiger charge is -2.17. The van der Waals surface area contributed by atoms with E-state index >= 15 is 0 Å². The monoisotopic (exact) mass is 305 g/mol. The maximum absolute atomic E-state index is 5.87. The van der Waals surface area contributed by atoms with Crippen molar-refractivity contribution in [3.8, 4) is 0 Å². The molecule has 1 heterocycles. The third-order valence-corrected chi connectivity index (χ3v) is 3.40. The zero-order chi connectivity index (χ0) is 15.1. The molecule has 0 atom stereocenters. The normalized spacial score (nSPS) is 10.4. The van der Waals surface area contributed by atoms with E-state index in [1.54, 1.807) is 6.20 Å². The molecule has 0 bridgehead atoms. The molecule has 0 unspecified atom stereocenters. The van der Waals surface area contributed by atoms with Crippen molar-refractivity contribution < 1.29 is 0 Å². The van der Waals surface area contributed by atoms with Gasteiger partial charge in [0.1, 0.15) is 0 Å². The lowest BCUT2D eigenvalue weighted by Crippen LogP contribution is -2.20. The Morgan fingerprint density at radius 3 is 2.71 bits per heavy atom. The smallest absolute Gasteiger partial charge is 0.244 e. The molecule has 0 aliphatic rings. The van der Waals surface area contributed by atoms with Crippen LogP contribution < -0.4 is 10.2 Å². The summed E-state index contributed by atoms with van der Waals surface area (Å²) in [4.78, 5) is 6.56. The van der Waals surface area contributed by atoms with E-state index in [4.69, 9.17) is 11.6 Å². The minimum Gasteiger partial charge on any atom is -0.358 e. The first kappa shape index (κ1) is 15.5. The lowest BCUT2D eigenvalue weighted by molar-refractivity contribution is 0.753. The molecule has 0 fully saturated rings. The van der Waals surface area contributed by atoms with Gasteiger partial charge in [-0.2, -0.15) is 10.1 Å². The first-order chi connectivity index (χ1) is 10.2. The molecule has 1 aromatic heterocycles. The summed E-state index contributed by atoms with van der Waals surface area (Å²) in [5.41, 5.74) is 1.12. The van der Waals surface area contributed by atoms with E-state index in [0.29, 0.717) is 12.5 Å². The molecule has 0 saturated carbocycles. The summed E-state index contributed by atoms with van der Waals surface area (Å²) in [6.45, 7) is 3.78. The minimum absolute atomic E-state index is 0.533. The first-order valence-corrected chi connectivity index (χ1v) is 7.46. The number of rotatable bonds is 7. The average molecular weight is 306 g/mol. The number of nitrogens with one attached hydrogen (secondary N) is 1. The van der Waals surface area contributed by atoms with Crippen LogP contribution in [0.2, 0.25) is 5.02 Å². The van der Waals surface area contributed by atoms with Crippen LogP contribution in [0.25, 0.3) is 0 Å². The van der Waals surface area contributed by atoms with Crippen LogP contribution in [0.15, 0.2) is 30.5 Å². The molecule has 0 amide bonds. The molecule has 0 aliphatic heterocycles. The third-order valence-electron chi connectivity index (χ3n) is 3.15. The van der Waals surface area contributed by atoms with Gasteiger partial charge in [-0.15, -0.1) is 5.10 Å². The van der Waals surface area contributed by atoms with Gasteiger partial charge in [0.05, 0.1) is 6.20 Å². The van der Waals surface area contributed by atoms with Crippen molar-refractivity contribution >= 4 is 23.4 Å². The van der Waals surface area contributed by atoms with Crippen LogP contribution in [0.3, 0.4) is 0 Å². The standard InChI is InChI=1S/C15H20ClN5/c1-3-4-9-21(2)14-11-18-20-15(19-14)17-10-12-5-7-13(16)8-6-12/h5-8,11H,3-4,9-10H2,1-2H3,(H,17,19,20). The fraction of sp³-hybridized carbons (Fsp3) is 0.400. The molecule has 112 valence electrons. The number of halogens is 1. The zero-order valence-electron chi connectivity index (χ0n) is 12.4. The van der Waals surface area contributed by atoms with Gasteiger partial charge in [-0.25, -0.2) is 0 Å². The second kappa shape index (κ2) is 7.78. The van der Waals surface area contributed by atoms with Crippen LogP contribution in [0, 0.1) is 0 Å². The second-order valence-electron chi connectivity index (χ2n) is 4.89. The van der Waals surface area contributed by atoms with E-state index in [1.165, 1.54) is 0 Å². The Labute approximate surface area is 130 Å². The topological polar surface area (TPSA) is 53.9 Å². The molecule has 21 heavy (non-hydrogen) atoms. The Balaban J connectivity index is 1.95. The van der Waals surface area contributed by atoms with Gasteiger partial charge in [0, 0.05) is 25.2 Å². The lowest BCUT2D eigenvalue weighted by atomic mass is 10.2. The summed E-state index contributed by atoms with van der Waals surface area (Å²) in [6, 6.07) is 7.68. The number of benzene rings is 1. The van der Waals surface area contributed by atoms with Crippen LogP contribution in [0.5, 0.6) is 0 Å². The van der Waals surface area contributed by atoms with Gasteiger partial charge in [-0.05, 0) is 24.1 Å². The molecule has 2 aromatic rings. The van der Waals surface area contributed by atoms with Crippen LogP contribution in [0.4, 0.5) is 11.8 Å². The molecule has 0 saturated heterocycles. The summed E-state index contributed by atoms with van der Waals surface area (Å²) >= 11 is 5.87. The summed E-state index contributed by atoms with van der Waals surface area (Å²) in [5, 5.41) is 11.9. The van der Waals surface area contributed by atoms with Gasteiger partial charge in [-0.1, -0.05) is 37.1 Å². The van der Waals surface area contributed by atoms with Gasteiger partial charge < -0.3 is 10.2 Å². The Bertz CT molecular complexity index is 558. The summed E-state index contributed by atoms with van der Waals surface area (Å²) in [5.74, 6) is 1.36. The van der Waals surface area contributed by atoms with E-state index in [9.17, 15) is 0 Å². The van der Waals surface area contributed by atoms with Crippen LogP contribution in [-0.4, -0.2) is 28.8 Å². The highest BCUT2D eigenvalue weighted by molar-refractivity contribution is 6.30. The number of hydrogen-bond donors (Lipinski definition) is 1. The number of anilines is 2.